The Morgan fingerprint density at radius 2 is 1.86 bits per heavy atom. The SMILES string of the molecule is CC(=O)c1c[nH]c(C(=O)N(C)c2ccccc2C(=O)O)c1. The van der Waals surface area contributed by atoms with Crippen LogP contribution in [0.5, 0.6) is 0 Å². The van der Waals surface area contributed by atoms with Gasteiger partial charge in [0.1, 0.15) is 5.69 Å². The number of hydrogen-bond donors (Lipinski definition) is 2. The van der Waals surface area contributed by atoms with Gasteiger partial charge in [0.05, 0.1) is 11.3 Å². The number of Topliss-reactive ketones (excluding diaryl/α,β-unsaturated/α-hetero) is 1. The number of carbonyl (C=O) groups is 3. The fourth-order valence-electron chi connectivity index (χ4n) is 1.96. The minimum Gasteiger partial charge on any atom is -0.478 e. The Bertz CT molecular complexity index is 718. The summed E-state index contributed by atoms with van der Waals surface area (Å²) in [5.41, 5.74) is 0.946. The molecule has 0 spiro atoms. The molecule has 2 rings (SSSR count). The molecule has 1 heterocycles. The van der Waals surface area contributed by atoms with Gasteiger partial charge in [0.2, 0.25) is 0 Å². The third-order valence-electron chi connectivity index (χ3n) is 3.12. The van der Waals surface area contributed by atoms with E-state index in [-0.39, 0.29) is 22.7 Å². The van der Waals surface area contributed by atoms with Crippen molar-refractivity contribution in [2.24, 2.45) is 0 Å². The van der Waals surface area contributed by atoms with Gasteiger partial charge >= 0.3 is 5.97 Å². The number of nitrogens with zero attached hydrogens (tertiary/aromatic N) is 1. The molecule has 0 aliphatic rings. The van der Waals surface area contributed by atoms with E-state index in [0.29, 0.717) is 5.56 Å². The lowest BCUT2D eigenvalue weighted by Gasteiger charge is -2.18. The number of para-hydroxylation sites is 1. The van der Waals surface area contributed by atoms with Crippen molar-refractivity contribution in [3.05, 3.63) is 53.3 Å². The van der Waals surface area contributed by atoms with E-state index in [1.807, 2.05) is 0 Å². The van der Waals surface area contributed by atoms with Gasteiger partial charge in [-0.1, -0.05) is 12.1 Å². The Balaban J connectivity index is 2.35. The molecule has 0 aliphatic heterocycles. The van der Waals surface area contributed by atoms with Crippen molar-refractivity contribution in [2.75, 3.05) is 11.9 Å². The van der Waals surface area contributed by atoms with Gasteiger partial charge in [-0.3, -0.25) is 9.59 Å². The summed E-state index contributed by atoms with van der Waals surface area (Å²) in [6.07, 6.45) is 1.45. The van der Waals surface area contributed by atoms with Crippen LogP contribution in [0, 0.1) is 0 Å². The summed E-state index contributed by atoms with van der Waals surface area (Å²) in [5.74, 6) is -1.68. The number of carboxylic acid groups (broad SMARTS) is 1. The van der Waals surface area contributed by atoms with Gasteiger partial charge in [0.25, 0.3) is 5.91 Å². The number of anilines is 1. The zero-order valence-corrected chi connectivity index (χ0v) is 11.6. The minimum atomic E-state index is -1.11. The van der Waals surface area contributed by atoms with Crippen LogP contribution in [0.1, 0.15) is 38.1 Å². The molecule has 0 aliphatic carbocycles. The average molecular weight is 286 g/mol. The predicted octanol–water partition coefficient (Wildman–Crippen LogP) is 2.19. The number of rotatable bonds is 4. The monoisotopic (exact) mass is 286 g/mol. The molecule has 2 N–H and O–H groups in total. The number of H-pyrrole nitrogens is 1. The second-order valence-electron chi connectivity index (χ2n) is 4.54. The summed E-state index contributed by atoms with van der Waals surface area (Å²) in [5, 5.41) is 9.15. The Kier molecular flexibility index (Phi) is 3.89. The van der Waals surface area contributed by atoms with Crippen LogP contribution in [0.15, 0.2) is 36.5 Å². The number of ketones is 1. The van der Waals surface area contributed by atoms with E-state index in [1.165, 1.54) is 37.2 Å². The maximum absolute atomic E-state index is 12.3. The first-order valence-electron chi connectivity index (χ1n) is 6.21. The quantitative estimate of drug-likeness (QED) is 0.843. The van der Waals surface area contributed by atoms with Crippen LogP contribution in [0.2, 0.25) is 0 Å². The fraction of sp³-hybridized carbons (Fsp3) is 0.133. The van der Waals surface area contributed by atoms with E-state index < -0.39 is 11.9 Å². The number of carbonyl (C=O) groups excluding carboxylic acids is 2. The van der Waals surface area contributed by atoms with Crippen molar-refractivity contribution >= 4 is 23.3 Å². The van der Waals surface area contributed by atoms with Gasteiger partial charge in [-0.15, -0.1) is 0 Å². The van der Waals surface area contributed by atoms with E-state index in [0.717, 1.165) is 0 Å². The van der Waals surface area contributed by atoms with Crippen LogP contribution in [-0.4, -0.2) is 34.8 Å². The zero-order chi connectivity index (χ0) is 15.6. The molecule has 6 heteroatoms. The van der Waals surface area contributed by atoms with Crippen LogP contribution in [0.3, 0.4) is 0 Å². The number of nitrogens with one attached hydrogen (secondary N) is 1. The molecular weight excluding hydrogens is 272 g/mol. The highest BCUT2D eigenvalue weighted by Gasteiger charge is 2.20. The van der Waals surface area contributed by atoms with Crippen molar-refractivity contribution < 1.29 is 19.5 Å². The van der Waals surface area contributed by atoms with Crippen LogP contribution < -0.4 is 4.90 Å². The molecule has 1 amide bonds. The van der Waals surface area contributed by atoms with E-state index in [2.05, 4.69) is 4.98 Å². The van der Waals surface area contributed by atoms with Crippen molar-refractivity contribution in [1.82, 2.24) is 4.98 Å². The van der Waals surface area contributed by atoms with E-state index >= 15 is 0 Å². The second kappa shape index (κ2) is 5.62. The molecule has 0 atom stereocenters. The smallest absolute Gasteiger partial charge is 0.337 e. The van der Waals surface area contributed by atoms with Crippen molar-refractivity contribution in [1.29, 1.82) is 0 Å². The number of aromatic carboxylic acids is 1. The highest BCUT2D eigenvalue weighted by atomic mass is 16.4. The lowest BCUT2D eigenvalue weighted by molar-refractivity contribution is 0.0697. The largest absolute Gasteiger partial charge is 0.478 e. The maximum Gasteiger partial charge on any atom is 0.337 e. The van der Waals surface area contributed by atoms with Gasteiger partial charge in [0, 0.05) is 18.8 Å². The fourth-order valence-corrected chi connectivity index (χ4v) is 1.96. The number of carboxylic acids is 1. The second-order valence-corrected chi connectivity index (χ2v) is 4.54. The summed E-state index contributed by atoms with van der Waals surface area (Å²) in [6, 6.07) is 7.67. The molecule has 0 fully saturated rings. The molecule has 1 aromatic heterocycles. The molecule has 1 aromatic carbocycles. The van der Waals surface area contributed by atoms with Crippen molar-refractivity contribution in [3.63, 3.8) is 0 Å². The molecule has 2 aromatic rings. The summed E-state index contributed by atoms with van der Waals surface area (Å²) in [4.78, 5) is 38.7. The number of benzene rings is 1. The summed E-state index contributed by atoms with van der Waals surface area (Å²) >= 11 is 0. The normalized spacial score (nSPS) is 10.2. The van der Waals surface area contributed by atoms with Gasteiger partial charge in [0.15, 0.2) is 5.78 Å². The third kappa shape index (κ3) is 2.84. The molecule has 0 saturated carbocycles. The Morgan fingerprint density at radius 3 is 2.43 bits per heavy atom. The lowest BCUT2D eigenvalue weighted by atomic mass is 10.1. The topological polar surface area (TPSA) is 90.5 Å². The van der Waals surface area contributed by atoms with Crippen LogP contribution in [0.25, 0.3) is 0 Å². The molecular formula is C15H14N2O4. The van der Waals surface area contributed by atoms with Crippen molar-refractivity contribution in [3.8, 4) is 0 Å². The number of aromatic amines is 1. The first-order valence-corrected chi connectivity index (χ1v) is 6.21. The van der Waals surface area contributed by atoms with Crippen LogP contribution in [-0.2, 0) is 0 Å². The molecule has 0 radical (unpaired) electrons. The summed E-state index contributed by atoms with van der Waals surface area (Å²) in [6.45, 7) is 1.40. The number of hydrogen-bond acceptors (Lipinski definition) is 3. The predicted molar refractivity (Wildman–Crippen MR) is 76.9 cm³/mol. The standard InChI is InChI=1S/C15H14N2O4/c1-9(18)10-7-12(16-8-10)14(19)17(2)13-6-4-3-5-11(13)15(20)21/h3-8,16H,1-2H3,(H,20,21). The van der Waals surface area contributed by atoms with Crippen LogP contribution in [0.4, 0.5) is 5.69 Å². The number of aromatic nitrogens is 1. The number of amides is 1. The van der Waals surface area contributed by atoms with E-state index in [1.54, 1.807) is 18.2 Å². The zero-order valence-electron chi connectivity index (χ0n) is 11.6. The molecule has 0 unspecified atom stereocenters. The molecule has 108 valence electrons. The van der Waals surface area contributed by atoms with Gasteiger partial charge < -0.3 is 15.0 Å². The van der Waals surface area contributed by atoms with E-state index in [4.69, 9.17) is 5.11 Å². The van der Waals surface area contributed by atoms with Gasteiger partial charge in [-0.25, -0.2) is 4.79 Å². The van der Waals surface area contributed by atoms with Gasteiger partial charge in [-0.2, -0.15) is 0 Å². The van der Waals surface area contributed by atoms with Gasteiger partial charge in [-0.05, 0) is 25.1 Å². The highest BCUT2D eigenvalue weighted by molar-refractivity contribution is 6.09. The third-order valence-corrected chi connectivity index (χ3v) is 3.12. The van der Waals surface area contributed by atoms with Crippen molar-refractivity contribution in [2.45, 2.75) is 6.92 Å². The molecule has 0 saturated heterocycles. The first-order chi connectivity index (χ1) is 9.91. The first kappa shape index (κ1) is 14.5. The molecule has 0 bridgehead atoms. The maximum atomic E-state index is 12.3. The Labute approximate surface area is 121 Å². The summed E-state index contributed by atoms with van der Waals surface area (Å²) in [7, 11) is 1.48. The van der Waals surface area contributed by atoms with E-state index in [9.17, 15) is 14.4 Å². The Hall–Kier alpha value is -2.89. The molecule has 21 heavy (non-hydrogen) atoms. The molecule has 6 nitrogen and oxygen atoms in total. The minimum absolute atomic E-state index is 0.0340. The average Bonchev–Trinajstić information content (AvgIpc) is 2.95. The highest BCUT2D eigenvalue weighted by Crippen LogP contribution is 2.21. The van der Waals surface area contributed by atoms with Crippen LogP contribution >= 0.6 is 0 Å². The Morgan fingerprint density at radius 1 is 1.19 bits per heavy atom. The lowest BCUT2D eigenvalue weighted by Crippen LogP contribution is -2.28. The summed E-state index contributed by atoms with van der Waals surface area (Å²) < 4.78 is 0.